The second kappa shape index (κ2) is 5.97. The molecule has 6 heteroatoms. The third-order valence-corrected chi connectivity index (χ3v) is 3.71. The number of primary sulfonamides is 1. The van der Waals surface area contributed by atoms with Crippen molar-refractivity contribution >= 4 is 15.9 Å². The van der Waals surface area contributed by atoms with Gasteiger partial charge in [-0.25, -0.2) is 13.6 Å². The summed E-state index contributed by atoms with van der Waals surface area (Å²) in [6.45, 7) is 4.19. The molecule has 0 radical (unpaired) electrons. The first kappa shape index (κ1) is 14.7. The monoisotopic (exact) mass is 270 g/mol. The summed E-state index contributed by atoms with van der Waals surface area (Å²) >= 11 is 0. The molecule has 0 bridgehead atoms. The maximum Gasteiger partial charge on any atom is 0.238 e. The van der Waals surface area contributed by atoms with Gasteiger partial charge in [0.1, 0.15) is 0 Å². The van der Waals surface area contributed by atoms with E-state index >= 15 is 0 Å². The Morgan fingerprint density at radius 3 is 2.33 bits per heavy atom. The van der Waals surface area contributed by atoms with Crippen LogP contribution in [0.1, 0.15) is 25.8 Å². The molecule has 0 fully saturated rings. The average molecular weight is 270 g/mol. The number of benzene rings is 1. The van der Waals surface area contributed by atoms with Gasteiger partial charge in [0.05, 0.1) is 4.90 Å². The van der Waals surface area contributed by atoms with Crippen LogP contribution in [-0.4, -0.2) is 14.3 Å². The zero-order chi connectivity index (χ0) is 13.8. The molecule has 0 spiro atoms. The maximum absolute atomic E-state index is 11.5. The minimum atomic E-state index is -3.66. The largest absolute Gasteiger partial charge is 0.352 e. The van der Waals surface area contributed by atoms with Crippen molar-refractivity contribution in [1.29, 1.82) is 0 Å². The molecule has 0 aliphatic rings. The molecule has 1 atom stereocenters. The van der Waals surface area contributed by atoms with E-state index < -0.39 is 10.0 Å². The molecule has 1 unspecified atom stereocenters. The van der Waals surface area contributed by atoms with Gasteiger partial charge in [0.2, 0.25) is 15.9 Å². The highest BCUT2D eigenvalue weighted by molar-refractivity contribution is 7.89. The summed E-state index contributed by atoms with van der Waals surface area (Å²) in [5.41, 5.74) is 0.832. The van der Waals surface area contributed by atoms with E-state index in [1.165, 1.54) is 12.1 Å². The smallest absolute Gasteiger partial charge is 0.238 e. The standard InChI is InChI=1S/C12H18N2O3S/c1-3-9(2)12(15)14-8-10-4-6-11(7-5-10)18(13,16)17/h4-7,9H,3,8H2,1-2H3,(H,14,15)(H2,13,16,17). The van der Waals surface area contributed by atoms with Crippen molar-refractivity contribution in [3.63, 3.8) is 0 Å². The van der Waals surface area contributed by atoms with Crippen LogP contribution in [0.3, 0.4) is 0 Å². The summed E-state index contributed by atoms with van der Waals surface area (Å²) in [5.74, 6) is -0.0262. The molecule has 1 aromatic carbocycles. The Bertz CT molecular complexity index is 509. The van der Waals surface area contributed by atoms with Gasteiger partial charge in [0.25, 0.3) is 0 Å². The van der Waals surface area contributed by atoms with Crippen LogP contribution >= 0.6 is 0 Å². The fourth-order valence-electron chi connectivity index (χ4n) is 1.35. The molecule has 5 nitrogen and oxygen atoms in total. The summed E-state index contributed by atoms with van der Waals surface area (Å²) in [4.78, 5) is 11.6. The Kier molecular flexibility index (Phi) is 4.86. The van der Waals surface area contributed by atoms with Gasteiger partial charge in [-0.1, -0.05) is 26.0 Å². The number of carbonyl (C=O) groups excluding carboxylic acids is 1. The first-order valence-electron chi connectivity index (χ1n) is 5.74. The van der Waals surface area contributed by atoms with Gasteiger partial charge in [0.15, 0.2) is 0 Å². The Morgan fingerprint density at radius 2 is 1.89 bits per heavy atom. The van der Waals surface area contributed by atoms with Crippen molar-refractivity contribution in [3.8, 4) is 0 Å². The summed E-state index contributed by atoms with van der Waals surface area (Å²) in [6.07, 6.45) is 0.788. The van der Waals surface area contributed by atoms with Crippen molar-refractivity contribution in [2.24, 2.45) is 11.1 Å². The molecular weight excluding hydrogens is 252 g/mol. The minimum absolute atomic E-state index is 0.00646. The topological polar surface area (TPSA) is 89.3 Å². The lowest BCUT2D eigenvalue weighted by Gasteiger charge is -2.10. The maximum atomic E-state index is 11.5. The third kappa shape index (κ3) is 4.12. The lowest BCUT2D eigenvalue weighted by Crippen LogP contribution is -2.28. The number of amides is 1. The molecule has 0 heterocycles. The SMILES string of the molecule is CCC(C)C(=O)NCc1ccc(S(N)(=O)=O)cc1. The van der Waals surface area contributed by atoms with Crippen molar-refractivity contribution in [2.45, 2.75) is 31.7 Å². The molecule has 1 aromatic rings. The Hall–Kier alpha value is -1.40. The van der Waals surface area contributed by atoms with Crippen molar-refractivity contribution in [1.82, 2.24) is 5.32 Å². The predicted molar refractivity (Wildman–Crippen MR) is 69.1 cm³/mol. The summed E-state index contributed by atoms with van der Waals surface area (Å²) in [6, 6.07) is 6.13. The van der Waals surface area contributed by atoms with Gasteiger partial charge in [-0.15, -0.1) is 0 Å². The molecule has 1 amide bonds. The predicted octanol–water partition coefficient (Wildman–Crippen LogP) is 0.996. The number of hydrogen-bond donors (Lipinski definition) is 2. The highest BCUT2D eigenvalue weighted by Crippen LogP contribution is 2.09. The molecular formula is C12H18N2O3S. The van der Waals surface area contributed by atoms with Crippen LogP contribution in [-0.2, 0) is 21.4 Å². The van der Waals surface area contributed by atoms with Gasteiger partial charge in [-0.2, -0.15) is 0 Å². The van der Waals surface area contributed by atoms with E-state index in [1.807, 2.05) is 13.8 Å². The molecule has 0 aromatic heterocycles. The fourth-order valence-corrected chi connectivity index (χ4v) is 1.86. The second-order valence-electron chi connectivity index (χ2n) is 4.22. The van der Waals surface area contributed by atoms with E-state index in [1.54, 1.807) is 12.1 Å². The fraction of sp³-hybridized carbons (Fsp3) is 0.417. The minimum Gasteiger partial charge on any atom is -0.352 e. The Balaban J connectivity index is 2.63. The van der Waals surface area contributed by atoms with E-state index in [-0.39, 0.29) is 16.7 Å². The lowest BCUT2D eigenvalue weighted by atomic mass is 10.1. The van der Waals surface area contributed by atoms with Crippen LogP contribution in [0.2, 0.25) is 0 Å². The van der Waals surface area contributed by atoms with Gasteiger partial charge in [-0.3, -0.25) is 4.79 Å². The third-order valence-electron chi connectivity index (χ3n) is 2.78. The highest BCUT2D eigenvalue weighted by Gasteiger charge is 2.10. The van der Waals surface area contributed by atoms with Gasteiger partial charge >= 0.3 is 0 Å². The van der Waals surface area contributed by atoms with Gasteiger partial charge < -0.3 is 5.32 Å². The van der Waals surface area contributed by atoms with Crippen LogP contribution in [0, 0.1) is 5.92 Å². The van der Waals surface area contributed by atoms with E-state index in [0.717, 1.165) is 12.0 Å². The second-order valence-corrected chi connectivity index (χ2v) is 5.78. The number of carbonyl (C=O) groups is 1. The first-order valence-corrected chi connectivity index (χ1v) is 7.28. The summed E-state index contributed by atoms with van der Waals surface area (Å²) < 4.78 is 22.1. The number of hydrogen-bond acceptors (Lipinski definition) is 3. The number of nitrogens with two attached hydrogens (primary N) is 1. The number of nitrogens with one attached hydrogen (secondary N) is 1. The van der Waals surface area contributed by atoms with E-state index in [0.29, 0.717) is 6.54 Å². The number of rotatable bonds is 5. The van der Waals surface area contributed by atoms with Crippen molar-refractivity contribution < 1.29 is 13.2 Å². The Labute approximate surface area is 107 Å². The van der Waals surface area contributed by atoms with E-state index in [2.05, 4.69) is 5.32 Å². The van der Waals surface area contributed by atoms with Crippen LogP contribution < -0.4 is 10.5 Å². The van der Waals surface area contributed by atoms with E-state index in [9.17, 15) is 13.2 Å². The van der Waals surface area contributed by atoms with Crippen LogP contribution in [0.5, 0.6) is 0 Å². The van der Waals surface area contributed by atoms with Crippen molar-refractivity contribution in [2.75, 3.05) is 0 Å². The molecule has 0 aliphatic carbocycles. The lowest BCUT2D eigenvalue weighted by molar-refractivity contribution is -0.124. The average Bonchev–Trinajstić information content (AvgIpc) is 2.34. The van der Waals surface area contributed by atoms with E-state index in [4.69, 9.17) is 5.14 Å². The van der Waals surface area contributed by atoms with Gasteiger partial charge in [-0.05, 0) is 24.1 Å². The molecule has 100 valence electrons. The zero-order valence-corrected chi connectivity index (χ0v) is 11.3. The zero-order valence-electron chi connectivity index (χ0n) is 10.5. The summed E-state index contributed by atoms with van der Waals surface area (Å²) in [5, 5.41) is 7.78. The molecule has 0 saturated heterocycles. The molecule has 0 saturated carbocycles. The van der Waals surface area contributed by atoms with Crippen LogP contribution in [0.4, 0.5) is 0 Å². The van der Waals surface area contributed by atoms with Crippen LogP contribution in [0.15, 0.2) is 29.2 Å². The molecule has 3 N–H and O–H groups in total. The normalized spacial score (nSPS) is 13.1. The summed E-state index contributed by atoms with van der Waals surface area (Å²) in [7, 11) is -3.66. The highest BCUT2D eigenvalue weighted by atomic mass is 32.2. The van der Waals surface area contributed by atoms with Crippen LogP contribution in [0.25, 0.3) is 0 Å². The number of sulfonamides is 1. The molecule has 18 heavy (non-hydrogen) atoms. The Morgan fingerprint density at radius 1 is 1.33 bits per heavy atom. The van der Waals surface area contributed by atoms with Gasteiger partial charge in [0, 0.05) is 12.5 Å². The van der Waals surface area contributed by atoms with Crippen molar-refractivity contribution in [3.05, 3.63) is 29.8 Å². The molecule has 1 rings (SSSR count). The quantitative estimate of drug-likeness (QED) is 0.836. The molecule has 0 aliphatic heterocycles. The first-order chi connectivity index (χ1) is 8.34.